The average Bonchev–Trinajstić information content (AvgIpc) is 2.44. The summed E-state index contributed by atoms with van der Waals surface area (Å²) in [5.74, 6) is -0.294. The molecule has 19 heavy (non-hydrogen) atoms. The number of hydrogen-bond donors (Lipinski definition) is 1. The first-order chi connectivity index (χ1) is 9.10. The molecular weight excluding hydrogens is 259 g/mol. The number of nitrogens with one attached hydrogen (secondary N) is 1. The largest absolute Gasteiger partial charge is 0.311 e. The van der Waals surface area contributed by atoms with E-state index in [1.165, 1.54) is 18.2 Å². The van der Waals surface area contributed by atoms with E-state index in [1.807, 2.05) is 11.8 Å². The lowest BCUT2D eigenvalue weighted by atomic mass is 10.0. The number of halogens is 1. The van der Waals surface area contributed by atoms with Gasteiger partial charge in [-0.25, -0.2) is 4.39 Å². The normalized spacial score (nSPS) is 11.3. The smallest absolute Gasteiger partial charge is 0.123 e. The maximum Gasteiger partial charge on any atom is 0.123 e. The summed E-state index contributed by atoms with van der Waals surface area (Å²) in [5, 5.41) is 12.4. The lowest BCUT2D eigenvalue weighted by Crippen LogP contribution is -2.36. The molecule has 104 valence electrons. The van der Waals surface area contributed by atoms with Crippen LogP contribution in [0.5, 0.6) is 0 Å². The monoisotopic (exact) mass is 280 g/mol. The number of nitriles is 1. The van der Waals surface area contributed by atoms with E-state index in [2.05, 4.69) is 31.5 Å². The molecule has 0 amide bonds. The van der Waals surface area contributed by atoms with Crippen molar-refractivity contribution in [3.05, 3.63) is 35.1 Å². The fourth-order valence-corrected chi connectivity index (χ4v) is 2.93. The van der Waals surface area contributed by atoms with Gasteiger partial charge in [-0.15, -0.1) is 0 Å². The fourth-order valence-electron chi connectivity index (χ4n) is 2.10. The third-order valence-electron chi connectivity index (χ3n) is 3.67. The zero-order valence-corrected chi connectivity index (χ0v) is 12.6. The van der Waals surface area contributed by atoms with E-state index in [-0.39, 0.29) is 10.6 Å². The first kappa shape index (κ1) is 16.0. The molecule has 0 bridgehead atoms. The third kappa shape index (κ3) is 4.22. The Morgan fingerprint density at radius 1 is 1.37 bits per heavy atom. The van der Waals surface area contributed by atoms with Crippen LogP contribution >= 0.6 is 11.8 Å². The van der Waals surface area contributed by atoms with Crippen molar-refractivity contribution in [1.82, 2.24) is 5.32 Å². The van der Waals surface area contributed by atoms with E-state index in [0.29, 0.717) is 12.1 Å². The van der Waals surface area contributed by atoms with Gasteiger partial charge in [0.2, 0.25) is 0 Å². The SMILES string of the molecule is CCC(CC)(CNCc1cc(F)ccc1C#N)SC. The summed E-state index contributed by atoms with van der Waals surface area (Å²) in [4.78, 5) is 0. The Bertz CT molecular complexity index is 442. The lowest BCUT2D eigenvalue weighted by molar-refractivity contribution is 0.494. The van der Waals surface area contributed by atoms with Crippen LogP contribution in [0, 0.1) is 17.1 Å². The molecule has 1 N–H and O–H groups in total. The topological polar surface area (TPSA) is 35.8 Å². The van der Waals surface area contributed by atoms with Gasteiger partial charge in [-0.05, 0) is 42.9 Å². The summed E-state index contributed by atoms with van der Waals surface area (Å²) >= 11 is 1.86. The molecule has 0 saturated carbocycles. The Labute approximate surface area is 119 Å². The Hall–Kier alpha value is -1.05. The minimum Gasteiger partial charge on any atom is -0.311 e. The molecule has 4 heteroatoms. The van der Waals surface area contributed by atoms with Gasteiger partial charge in [0.25, 0.3) is 0 Å². The van der Waals surface area contributed by atoms with Crippen LogP contribution in [0.25, 0.3) is 0 Å². The molecule has 0 aromatic heterocycles. The maximum atomic E-state index is 13.2. The second-order valence-electron chi connectivity index (χ2n) is 4.61. The van der Waals surface area contributed by atoms with Crippen LogP contribution in [0.4, 0.5) is 4.39 Å². The van der Waals surface area contributed by atoms with Gasteiger partial charge in [-0.2, -0.15) is 17.0 Å². The molecular formula is C15H21FN2S. The van der Waals surface area contributed by atoms with E-state index in [4.69, 9.17) is 5.26 Å². The van der Waals surface area contributed by atoms with Crippen molar-refractivity contribution in [2.45, 2.75) is 38.0 Å². The molecule has 0 aliphatic carbocycles. The van der Waals surface area contributed by atoms with Crippen molar-refractivity contribution in [2.75, 3.05) is 12.8 Å². The van der Waals surface area contributed by atoms with Gasteiger partial charge in [0.1, 0.15) is 5.82 Å². The number of rotatable bonds is 7. The van der Waals surface area contributed by atoms with Crippen LogP contribution in [-0.4, -0.2) is 17.5 Å². The second-order valence-corrected chi connectivity index (χ2v) is 5.89. The van der Waals surface area contributed by atoms with Crippen LogP contribution in [-0.2, 0) is 6.54 Å². The molecule has 1 rings (SSSR count). The van der Waals surface area contributed by atoms with Crippen molar-refractivity contribution in [2.24, 2.45) is 0 Å². The van der Waals surface area contributed by atoms with Crippen LogP contribution in [0.2, 0.25) is 0 Å². The summed E-state index contributed by atoms with van der Waals surface area (Å²) < 4.78 is 13.4. The molecule has 0 heterocycles. The Morgan fingerprint density at radius 2 is 2.05 bits per heavy atom. The molecule has 0 spiro atoms. The fraction of sp³-hybridized carbons (Fsp3) is 0.533. The summed E-state index contributed by atoms with van der Waals surface area (Å²) in [6, 6.07) is 6.40. The molecule has 1 aromatic carbocycles. The number of benzene rings is 1. The number of hydrogen-bond acceptors (Lipinski definition) is 3. The van der Waals surface area contributed by atoms with Gasteiger partial charge in [0.05, 0.1) is 11.6 Å². The standard InChI is InChI=1S/C15H21FN2S/c1-4-15(5-2,19-3)11-18-10-13-8-14(16)7-6-12(13)9-17/h6-8,18H,4-5,10-11H2,1-3H3. The molecule has 0 atom stereocenters. The average molecular weight is 280 g/mol. The molecule has 0 radical (unpaired) electrons. The molecule has 0 fully saturated rings. The first-order valence-electron chi connectivity index (χ1n) is 6.55. The van der Waals surface area contributed by atoms with E-state index < -0.39 is 0 Å². The molecule has 0 aliphatic rings. The van der Waals surface area contributed by atoms with Gasteiger partial charge in [0, 0.05) is 17.8 Å². The molecule has 0 saturated heterocycles. The van der Waals surface area contributed by atoms with Crippen LogP contribution < -0.4 is 5.32 Å². The number of nitrogens with zero attached hydrogens (tertiary/aromatic N) is 1. The van der Waals surface area contributed by atoms with Gasteiger partial charge < -0.3 is 5.32 Å². The Morgan fingerprint density at radius 3 is 2.58 bits per heavy atom. The summed E-state index contributed by atoms with van der Waals surface area (Å²) in [6.45, 7) is 5.76. The zero-order valence-electron chi connectivity index (χ0n) is 11.8. The highest BCUT2D eigenvalue weighted by Crippen LogP contribution is 2.29. The van der Waals surface area contributed by atoms with E-state index in [0.717, 1.165) is 24.9 Å². The predicted octanol–water partition coefficient (Wildman–Crippen LogP) is 3.71. The lowest BCUT2D eigenvalue weighted by Gasteiger charge is -2.30. The molecule has 2 nitrogen and oxygen atoms in total. The third-order valence-corrected chi connectivity index (χ3v) is 5.26. The van der Waals surface area contributed by atoms with E-state index >= 15 is 0 Å². The van der Waals surface area contributed by atoms with Crippen molar-refractivity contribution >= 4 is 11.8 Å². The zero-order chi connectivity index (χ0) is 14.3. The second kappa shape index (κ2) is 7.52. The Balaban J connectivity index is 2.67. The van der Waals surface area contributed by atoms with Crippen molar-refractivity contribution in [3.8, 4) is 6.07 Å². The van der Waals surface area contributed by atoms with E-state index in [1.54, 1.807) is 0 Å². The highest BCUT2D eigenvalue weighted by Gasteiger charge is 2.24. The van der Waals surface area contributed by atoms with Crippen molar-refractivity contribution in [3.63, 3.8) is 0 Å². The predicted molar refractivity (Wildman–Crippen MR) is 79.6 cm³/mol. The van der Waals surface area contributed by atoms with Gasteiger partial charge in [0.15, 0.2) is 0 Å². The minimum atomic E-state index is -0.294. The van der Waals surface area contributed by atoms with Crippen molar-refractivity contribution in [1.29, 1.82) is 5.26 Å². The quantitative estimate of drug-likeness (QED) is 0.827. The van der Waals surface area contributed by atoms with Crippen molar-refractivity contribution < 1.29 is 4.39 Å². The van der Waals surface area contributed by atoms with Gasteiger partial charge in [-0.3, -0.25) is 0 Å². The molecule has 0 aliphatic heterocycles. The van der Waals surface area contributed by atoms with Gasteiger partial charge >= 0.3 is 0 Å². The van der Waals surface area contributed by atoms with Crippen LogP contribution in [0.1, 0.15) is 37.8 Å². The maximum absolute atomic E-state index is 13.2. The Kier molecular flexibility index (Phi) is 6.33. The first-order valence-corrected chi connectivity index (χ1v) is 7.77. The van der Waals surface area contributed by atoms with Gasteiger partial charge in [-0.1, -0.05) is 13.8 Å². The van der Waals surface area contributed by atoms with Crippen LogP contribution in [0.3, 0.4) is 0 Å². The highest BCUT2D eigenvalue weighted by atomic mass is 32.2. The summed E-state index contributed by atoms with van der Waals surface area (Å²) in [6.07, 6.45) is 4.30. The molecule has 1 aromatic rings. The number of thioether (sulfide) groups is 1. The summed E-state index contributed by atoms with van der Waals surface area (Å²) in [7, 11) is 0. The molecule has 0 unspecified atom stereocenters. The summed E-state index contributed by atoms with van der Waals surface area (Å²) in [5.41, 5.74) is 1.27. The van der Waals surface area contributed by atoms with E-state index in [9.17, 15) is 4.39 Å². The highest BCUT2D eigenvalue weighted by molar-refractivity contribution is 8.00. The minimum absolute atomic E-state index is 0.222. The van der Waals surface area contributed by atoms with Crippen LogP contribution in [0.15, 0.2) is 18.2 Å².